The number of hydrogen-bond donors (Lipinski definition) is 2. The quantitative estimate of drug-likeness (QED) is 0.338. The Hall–Kier alpha value is -3.34. The monoisotopic (exact) mass is 477 g/mol. The van der Waals surface area contributed by atoms with E-state index in [-0.39, 0.29) is 13.0 Å². The third kappa shape index (κ3) is 7.34. The highest BCUT2D eigenvalue weighted by Gasteiger charge is 2.16. The van der Waals surface area contributed by atoms with Gasteiger partial charge in [0.1, 0.15) is 0 Å². The molecular formula is C29H32ClNO3. The molecule has 0 saturated carbocycles. The molecule has 0 aliphatic carbocycles. The molecule has 0 saturated heterocycles. The maximum Gasteiger partial charge on any atom is 0.303 e. The van der Waals surface area contributed by atoms with Crippen molar-refractivity contribution in [2.75, 3.05) is 6.61 Å². The number of aliphatic hydroxyl groups is 1. The summed E-state index contributed by atoms with van der Waals surface area (Å²) >= 11 is 5.26. The number of hydrogen-bond acceptors (Lipinski definition) is 2. The van der Waals surface area contributed by atoms with Crippen molar-refractivity contribution in [3.05, 3.63) is 107 Å². The van der Waals surface area contributed by atoms with Crippen LogP contribution in [0, 0.1) is 6.92 Å². The summed E-state index contributed by atoms with van der Waals surface area (Å²) in [5.41, 5.74) is 7.79. The summed E-state index contributed by atoms with van der Waals surface area (Å²) in [6, 6.07) is 20.7. The second kappa shape index (κ2) is 13.4. The van der Waals surface area contributed by atoms with Gasteiger partial charge in [0.05, 0.1) is 6.61 Å². The van der Waals surface area contributed by atoms with Crippen LogP contribution in [0.25, 0.3) is 22.4 Å². The number of allylic oxidation sites excluding steroid dienone is 4. The molecular weight excluding hydrogens is 446 g/mol. The number of aryl methyl sites for hydroxylation is 1. The van der Waals surface area contributed by atoms with Crippen LogP contribution in [0.5, 0.6) is 0 Å². The van der Waals surface area contributed by atoms with Crippen molar-refractivity contribution in [3.63, 3.8) is 0 Å². The third-order valence-corrected chi connectivity index (χ3v) is 5.70. The molecule has 2 aromatic carbocycles. The lowest BCUT2D eigenvalue weighted by atomic mass is 10.1. The Bertz CT molecular complexity index is 1170. The van der Waals surface area contributed by atoms with Crippen molar-refractivity contribution in [2.24, 2.45) is 0 Å². The van der Waals surface area contributed by atoms with E-state index in [1.54, 1.807) is 19.1 Å². The van der Waals surface area contributed by atoms with Gasteiger partial charge in [-0.1, -0.05) is 78.9 Å². The van der Waals surface area contributed by atoms with Gasteiger partial charge in [0.15, 0.2) is 0 Å². The van der Waals surface area contributed by atoms with Crippen molar-refractivity contribution in [3.8, 4) is 16.8 Å². The molecule has 0 bridgehead atoms. The molecule has 0 atom stereocenters. The second-order valence-corrected chi connectivity index (χ2v) is 8.26. The molecule has 2 N–H and O–H groups in total. The average molecular weight is 478 g/mol. The molecule has 34 heavy (non-hydrogen) atoms. The molecule has 0 amide bonds. The molecule has 0 spiro atoms. The maximum atomic E-state index is 10.9. The van der Waals surface area contributed by atoms with Crippen LogP contribution in [-0.4, -0.2) is 27.4 Å². The standard InChI is InChI=1S/C25H25NO2.C4H7ClO/c1-4-9-18(2)24-17-23(21-11-6-5-7-12-21)19(3)26(24)22-13-8-10-20(16-22)14-15-25(27)28;1-2-4(5)3-6/h4-13,16-17H,1,14-15H2,2-3H3,(H,27,28);2,6H,3H2,1H3/b18-9+;4-2+. The predicted molar refractivity (Wildman–Crippen MR) is 142 cm³/mol. The molecule has 0 aliphatic rings. The first-order chi connectivity index (χ1) is 16.3. The van der Waals surface area contributed by atoms with Crippen molar-refractivity contribution in [1.29, 1.82) is 0 Å². The first-order valence-electron chi connectivity index (χ1n) is 11.1. The minimum absolute atomic E-state index is 0.0436. The number of aliphatic carboxylic acids is 1. The molecule has 178 valence electrons. The number of halogens is 1. The Morgan fingerprint density at radius 3 is 2.38 bits per heavy atom. The van der Waals surface area contributed by atoms with Gasteiger partial charge in [-0.05, 0) is 62.1 Å². The molecule has 3 rings (SSSR count). The Morgan fingerprint density at radius 1 is 1.12 bits per heavy atom. The number of aromatic nitrogens is 1. The predicted octanol–water partition coefficient (Wildman–Crippen LogP) is 7.18. The van der Waals surface area contributed by atoms with E-state index in [1.807, 2.05) is 36.4 Å². The van der Waals surface area contributed by atoms with E-state index in [1.165, 1.54) is 11.1 Å². The molecule has 1 aromatic heterocycles. The maximum absolute atomic E-state index is 10.9. The molecule has 4 nitrogen and oxygen atoms in total. The van der Waals surface area contributed by atoms with Crippen molar-refractivity contribution >= 4 is 23.1 Å². The van der Waals surface area contributed by atoms with Crippen LogP contribution in [0.1, 0.15) is 37.2 Å². The Labute approximate surface area is 207 Å². The van der Waals surface area contributed by atoms with Gasteiger partial charge < -0.3 is 14.8 Å². The van der Waals surface area contributed by atoms with E-state index in [0.29, 0.717) is 11.5 Å². The Balaban J connectivity index is 0.000000604. The lowest BCUT2D eigenvalue weighted by Gasteiger charge is -2.14. The van der Waals surface area contributed by atoms with Crippen LogP contribution in [-0.2, 0) is 11.2 Å². The van der Waals surface area contributed by atoms with E-state index in [0.717, 1.165) is 28.2 Å². The third-order valence-electron chi connectivity index (χ3n) is 5.36. The van der Waals surface area contributed by atoms with Gasteiger partial charge in [0.25, 0.3) is 0 Å². The smallest absolute Gasteiger partial charge is 0.303 e. The summed E-state index contributed by atoms with van der Waals surface area (Å²) in [5, 5.41) is 17.6. The zero-order chi connectivity index (χ0) is 25.1. The van der Waals surface area contributed by atoms with Gasteiger partial charge in [-0.3, -0.25) is 4.79 Å². The summed E-state index contributed by atoms with van der Waals surface area (Å²) in [4.78, 5) is 10.9. The van der Waals surface area contributed by atoms with Gasteiger partial charge in [-0.25, -0.2) is 0 Å². The van der Waals surface area contributed by atoms with E-state index < -0.39 is 5.97 Å². The molecule has 5 heteroatoms. The minimum atomic E-state index is -0.778. The van der Waals surface area contributed by atoms with Crippen LogP contribution >= 0.6 is 11.6 Å². The van der Waals surface area contributed by atoms with Gasteiger partial charge >= 0.3 is 5.97 Å². The van der Waals surface area contributed by atoms with E-state index >= 15 is 0 Å². The normalized spacial score (nSPS) is 11.6. The first-order valence-corrected chi connectivity index (χ1v) is 11.5. The number of carboxylic acid groups (broad SMARTS) is 1. The van der Waals surface area contributed by atoms with Crippen LogP contribution in [0.2, 0.25) is 0 Å². The fourth-order valence-electron chi connectivity index (χ4n) is 3.60. The Morgan fingerprint density at radius 2 is 1.82 bits per heavy atom. The zero-order valence-electron chi connectivity index (χ0n) is 20.0. The fourth-order valence-corrected chi connectivity index (χ4v) is 3.60. The van der Waals surface area contributed by atoms with Crippen LogP contribution in [0.3, 0.4) is 0 Å². The van der Waals surface area contributed by atoms with Crippen molar-refractivity contribution in [1.82, 2.24) is 4.57 Å². The van der Waals surface area contributed by atoms with Gasteiger partial charge in [-0.15, -0.1) is 0 Å². The summed E-state index contributed by atoms with van der Waals surface area (Å²) in [6.07, 6.45) is 6.11. The van der Waals surface area contributed by atoms with E-state index in [2.05, 4.69) is 55.3 Å². The SMILES string of the molecule is C/C=C(/Cl)CO.C=C/C=C(\C)c1cc(-c2ccccc2)c(C)n1-c1cccc(CCC(=O)O)c1. The lowest BCUT2D eigenvalue weighted by molar-refractivity contribution is -0.136. The highest BCUT2D eigenvalue weighted by Crippen LogP contribution is 2.33. The molecule has 3 aromatic rings. The summed E-state index contributed by atoms with van der Waals surface area (Å²) < 4.78 is 2.24. The number of rotatable bonds is 8. The molecule has 0 aliphatic heterocycles. The van der Waals surface area contributed by atoms with E-state index in [9.17, 15) is 4.79 Å². The number of benzene rings is 2. The van der Waals surface area contributed by atoms with Crippen molar-refractivity contribution < 1.29 is 15.0 Å². The molecule has 0 unspecified atom stereocenters. The summed E-state index contributed by atoms with van der Waals surface area (Å²) in [5.74, 6) is -0.778. The molecule has 1 heterocycles. The highest BCUT2D eigenvalue weighted by atomic mass is 35.5. The van der Waals surface area contributed by atoms with Crippen LogP contribution < -0.4 is 0 Å². The van der Waals surface area contributed by atoms with Gasteiger partial charge in [-0.2, -0.15) is 0 Å². The average Bonchev–Trinajstić information content (AvgIpc) is 3.20. The van der Waals surface area contributed by atoms with Crippen LogP contribution in [0.15, 0.2) is 90.5 Å². The molecule has 0 fully saturated rings. The molecule has 0 radical (unpaired) electrons. The van der Waals surface area contributed by atoms with Gasteiger partial charge in [0, 0.05) is 34.1 Å². The summed E-state index contributed by atoms with van der Waals surface area (Å²) in [7, 11) is 0. The van der Waals surface area contributed by atoms with E-state index in [4.69, 9.17) is 21.8 Å². The lowest BCUT2D eigenvalue weighted by Crippen LogP contribution is -2.03. The topological polar surface area (TPSA) is 62.5 Å². The number of carbonyl (C=O) groups is 1. The van der Waals surface area contributed by atoms with Crippen molar-refractivity contribution in [2.45, 2.75) is 33.6 Å². The van der Waals surface area contributed by atoms with Gasteiger partial charge in [0.2, 0.25) is 0 Å². The highest BCUT2D eigenvalue weighted by molar-refractivity contribution is 6.29. The number of aliphatic hydroxyl groups excluding tert-OH is 1. The minimum Gasteiger partial charge on any atom is -0.481 e. The zero-order valence-corrected chi connectivity index (χ0v) is 20.7. The first kappa shape index (κ1) is 26.9. The Kier molecular flexibility index (Phi) is 10.6. The second-order valence-electron chi connectivity index (χ2n) is 7.77. The number of carboxylic acids is 1. The van der Waals surface area contributed by atoms with Crippen LogP contribution in [0.4, 0.5) is 0 Å². The fraction of sp³-hybridized carbons (Fsp3) is 0.207. The summed E-state index contributed by atoms with van der Waals surface area (Å²) in [6.45, 7) is 9.76. The number of nitrogens with zero attached hydrogens (tertiary/aromatic N) is 1. The largest absolute Gasteiger partial charge is 0.481 e.